The number of hydrogen-bond donors (Lipinski definition) is 0. The predicted octanol–water partition coefficient (Wildman–Crippen LogP) is 6.71. The van der Waals surface area contributed by atoms with Crippen LogP contribution in [0.4, 0.5) is 0 Å². The third kappa shape index (κ3) is 6.03. The smallest absolute Gasteiger partial charge is 0.200 e. The molecule has 126 valence electrons. The Labute approximate surface area is 136 Å². The van der Waals surface area contributed by atoms with Crippen molar-refractivity contribution in [1.82, 2.24) is 0 Å². The molecule has 0 N–H and O–H groups in total. The van der Waals surface area contributed by atoms with E-state index in [1.165, 1.54) is 11.6 Å². The summed E-state index contributed by atoms with van der Waals surface area (Å²) in [6.07, 6.45) is 0. The zero-order valence-corrected chi connectivity index (χ0v) is 18.3. The second kappa shape index (κ2) is 8.12. The van der Waals surface area contributed by atoms with Crippen LogP contribution in [0.5, 0.6) is 0 Å². The van der Waals surface area contributed by atoms with Crippen molar-refractivity contribution in [1.29, 1.82) is 0 Å². The summed E-state index contributed by atoms with van der Waals surface area (Å²) >= 11 is 0. The molecule has 0 rings (SSSR count). The van der Waals surface area contributed by atoms with Crippen LogP contribution in [0.1, 0.15) is 48.5 Å². The molecule has 0 unspecified atom stereocenters. The third-order valence-electron chi connectivity index (χ3n) is 4.74. The molecular formula is C18H40OSi2. The molecule has 0 amide bonds. The maximum atomic E-state index is 6.70. The van der Waals surface area contributed by atoms with Gasteiger partial charge in [-0.15, -0.1) is 0 Å². The van der Waals surface area contributed by atoms with Gasteiger partial charge in [0.05, 0.1) is 0 Å². The maximum Gasteiger partial charge on any atom is 0.200 e. The van der Waals surface area contributed by atoms with Gasteiger partial charge in [0.25, 0.3) is 0 Å². The van der Waals surface area contributed by atoms with E-state index in [-0.39, 0.29) is 0 Å². The van der Waals surface area contributed by atoms with Gasteiger partial charge in [0, 0.05) is 14.7 Å². The standard InChI is InChI=1S/C18H40OSi2/c1-14(2)21(15(3)4,16(5)6)19-12-17(7)18(8)13-20(9,10)11/h14-17H,8,12-13H2,1-7,9-11H3/t17-/m1/s1. The average molecular weight is 329 g/mol. The topological polar surface area (TPSA) is 9.23 Å². The first-order valence-corrected chi connectivity index (χ1v) is 14.5. The molecule has 0 spiro atoms. The summed E-state index contributed by atoms with van der Waals surface area (Å²) in [6, 6.07) is 1.22. The number of hydrogen-bond acceptors (Lipinski definition) is 1. The van der Waals surface area contributed by atoms with Crippen LogP contribution in [0.3, 0.4) is 0 Å². The molecule has 0 heterocycles. The summed E-state index contributed by atoms with van der Waals surface area (Å²) < 4.78 is 6.70. The second-order valence-corrected chi connectivity index (χ2v) is 19.9. The molecule has 0 radical (unpaired) electrons. The molecule has 0 aromatic rings. The highest BCUT2D eigenvalue weighted by atomic mass is 28.4. The second-order valence-electron chi connectivity index (χ2n) is 8.93. The first kappa shape index (κ1) is 21.1. The minimum Gasteiger partial charge on any atom is -0.415 e. The van der Waals surface area contributed by atoms with Crippen molar-refractivity contribution in [2.45, 2.75) is 90.8 Å². The van der Waals surface area contributed by atoms with Crippen molar-refractivity contribution in [2.75, 3.05) is 6.61 Å². The van der Waals surface area contributed by atoms with Gasteiger partial charge in [-0.2, -0.15) is 0 Å². The zero-order chi connectivity index (χ0) is 17.0. The van der Waals surface area contributed by atoms with Gasteiger partial charge < -0.3 is 4.43 Å². The molecule has 0 aromatic heterocycles. The van der Waals surface area contributed by atoms with Gasteiger partial charge in [-0.25, -0.2) is 0 Å². The molecule has 0 aliphatic carbocycles. The van der Waals surface area contributed by atoms with E-state index in [1.54, 1.807) is 0 Å². The van der Waals surface area contributed by atoms with Gasteiger partial charge in [0.15, 0.2) is 8.32 Å². The molecular weight excluding hydrogens is 288 g/mol. The van der Waals surface area contributed by atoms with Crippen molar-refractivity contribution in [3.8, 4) is 0 Å². The molecule has 3 heteroatoms. The molecule has 0 saturated heterocycles. The lowest BCUT2D eigenvalue weighted by molar-refractivity contribution is 0.245. The van der Waals surface area contributed by atoms with Crippen LogP contribution >= 0.6 is 0 Å². The summed E-state index contributed by atoms with van der Waals surface area (Å²) in [5.74, 6) is 0.486. The largest absolute Gasteiger partial charge is 0.415 e. The summed E-state index contributed by atoms with van der Waals surface area (Å²) in [7, 11) is -2.79. The molecule has 0 aliphatic rings. The summed E-state index contributed by atoms with van der Waals surface area (Å²) in [5.41, 5.74) is 3.38. The van der Waals surface area contributed by atoms with Crippen molar-refractivity contribution >= 4 is 16.4 Å². The van der Waals surface area contributed by atoms with E-state index in [0.717, 1.165) is 6.61 Å². The van der Waals surface area contributed by atoms with Gasteiger partial charge in [-0.05, 0) is 28.6 Å². The Morgan fingerprint density at radius 3 is 1.52 bits per heavy atom. The highest BCUT2D eigenvalue weighted by Gasteiger charge is 2.45. The van der Waals surface area contributed by atoms with E-state index < -0.39 is 16.4 Å². The van der Waals surface area contributed by atoms with Gasteiger partial charge >= 0.3 is 0 Å². The first-order chi connectivity index (χ1) is 9.34. The van der Waals surface area contributed by atoms with Crippen LogP contribution in [-0.4, -0.2) is 23.0 Å². The summed E-state index contributed by atoms with van der Waals surface area (Å²) in [5, 5.41) is 0. The van der Waals surface area contributed by atoms with Gasteiger partial charge in [-0.1, -0.05) is 80.3 Å². The van der Waals surface area contributed by atoms with Crippen LogP contribution in [0, 0.1) is 5.92 Å². The molecule has 0 fully saturated rings. The molecule has 1 nitrogen and oxygen atoms in total. The molecule has 0 aliphatic heterocycles. The zero-order valence-electron chi connectivity index (χ0n) is 16.3. The average Bonchev–Trinajstić information content (AvgIpc) is 2.25. The molecule has 0 bridgehead atoms. The highest BCUT2D eigenvalue weighted by Crippen LogP contribution is 2.42. The van der Waals surface area contributed by atoms with E-state index in [1.807, 2.05) is 0 Å². The summed E-state index contributed by atoms with van der Waals surface area (Å²) in [6.45, 7) is 28.9. The Bertz CT molecular complexity index is 305. The monoisotopic (exact) mass is 328 g/mol. The molecule has 21 heavy (non-hydrogen) atoms. The van der Waals surface area contributed by atoms with Crippen molar-refractivity contribution in [3.63, 3.8) is 0 Å². The molecule has 0 saturated carbocycles. The predicted molar refractivity (Wildman–Crippen MR) is 103 cm³/mol. The Morgan fingerprint density at radius 1 is 0.857 bits per heavy atom. The van der Waals surface area contributed by atoms with Crippen molar-refractivity contribution in [3.05, 3.63) is 12.2 Å². The highest BCUT2D eigenvalue weighted by molar-refractivity contribution is 6.77. The lowest BCUT2D eigenvalue weighted by Gasteiger charge is -2.43. The number of rotatable bonds is 9. The first-order valence-electron chi connectivity index (χ1n) is 8.66. The lowest BCUT2D eigenvalue weighted by atomic mass is 10.1. The van der Waals surface area contributed by atoms with Crippen LogP contribution in [0.25, 0.3) is 0 Å². The Hall–Kier alpha value is 0.134. The third-order valence-corrected chi connectivity index (χ3v) is 12.3. The quantitative estimate of drug-likeness (QED) is 0.337. The van der Waals surface area contributed by atoms with Crippen LogP contribution < -0.4 is 0 Å². The Kier molecular flexibility index (Phi) is 8.17. The van der Waals surface area contributed by atoms with E-state index in [2.05, 4.69) is 74.7 Å². The molecule has 0 aromatic carbocycles. The van der Waals surface area contributed by atoms with Crippen molar-refractivity contribution < 1.29 is 4.43 Å². The van der Waals surface area contributed by atoms with Gasteiger partial charge in [0.1, 0.15) is 0 Å². The van der Waals surface area contributed by atoms with Gasteiger partial charge in [0.2, 0.25) is 0 Å². The Morgan fingerprint density at radius 2 is 1.24 bits per heavy atom. The molecule has 1 atom stereocenters. The van der Waals surface area contributed by atoms with Crippen LogP contribution in [0.2, 0.25) is 42.3 Å². The van der Waals surface area contributed by atoms with Crippen molar-refractivity contribution in [2.24, 2.45) is 5.92 Å². The lowest BCUT2D eigenvalue weighted by Crippen LogP contribution is -2.48. The fourth-order valence-corrected chi connectivity index (χ4v) is 11.0. The van der Waals surface area contributed by atoms with E-state index in [9.17, 15) is 0 Å². The van der Waals surface area contributed by atoms with E-state index in [4.69, 9.17) is 4.43 Å². The van der Waals surface area contributed by atoms with Gasteiger partial charge in [-0.3, -0.25) is 0 Å². The van der Waals surface area contributed by atoms with Crippen LogP contribution in [0.15, 0.2) is 12.2 Å². The SMILES string of the molecule is C=C(C[Si](C)(C)C)[C@H](C)CO[Si](C(C)C)(C(C)C)C(C)C. The minimum absolute atomic E-state index is 0.486. The van der Waals surface area contributed by atoms with Crippen LogP contribution in [-0.2, 0) is 4.43 Å². The fourth-order valence-electron chi connectivity index (χ4n) is 3.74. The van der Waals surface area contributed by atoms with E-state index >= 15 is 0 Å². The normalized spacial score (nSPS) is 15.1. The minimum atomic E-state index is -1.72. The summed E-state index contributed by atoms with van der Waals surface area (Å²) in [4.78, 5) is 0. The van der Waals surface area contributed by atoms with E-state index in [0.29, 0.717) is 22.5 Å². The maximum absolute atomic E-state index is 6.70. The Balaban J connectivity index is 4.88. The fraction of sp³-hybridized carbons (Fsp3) is 0.889.